The fraction of sp³-hybridized carbons (Fsp3) is 0.667. The average molecular weight is 310 g/mol. The standard InChI is InChI=1S/C12H18BrClO2/c1-2-12-11(13)8-9(14)5-6-10(16-12)4-3-7-15/h3-5,10-12,15H,2,6-8H2,1H3/b4-3-,9-5+/t10-,11-,12+/m0/s1. The first-order valence-electron chi connectivity index (χ1n) is 5.59. The monoisotopic (exact) mass is 308 g/mol. The summed E-state index contributed by atoms with van der Waals surface area (Å²) in [5.41, 5.74) is 0. The second-order valence-electron chi connectivity index (χ2n) is 3.84. The van der Waals surface area contributed by atoms with Gasteiger partial charge in [0.05, 0.1) is 18.8 Å². The third-order valence-electron chi connectivity index (χ3n) is 2.57. The van der Waals surface area contributed by atoms with Gasteiger partial charge < -0.3 is 9.84 Å². The lowest BCUT2D eigenvalue weighted by Gasteiger charge is -2.27. The van der Waals surface area contributed by atoms with Crippen molar-refractivity contribution in [3.63, 3.8) is 0 Å². The Labute approximate surface area is 110 Å². The summed E-state index contributed by atoms with van der Waals surface area (Å²) >= 11 is 9.72. The maximum atomic E-state index is 8.76. The van der Waals surface area contributed by atoms with Crippen molar-refractivity contribution in [2.75, 3.05) is 6.61 Å². The van der Waals surface area contributed by atoms with Gasteiger partial charge in [0.15, 0.2) is 0 Å². The van der Waals surface area contributed by atoms with Crippen LogP contribution in [0.3, 0.4) is 0 Å². The number of halogens is 2. The van der Waals surface area contributed by atoms with E-state index in [-0.39, 0.29) is 23.6 Å². The maximum Gasteiger partial charge on any atom is 0.0795 e. The van der Waals surface area contributed by atoms with Crippen molar-refractivity contribution in [1.82, 2.24) is 0 Å². The lowest BCUT2D eigenvalue weighted by atomic mass is 10.1. The van der Waals surface area contributed by atoms with Crippen molar-refractivity contribution < 1.29 is 9.84 Å². The summed E-state index contributed by atoms with van der Waals surface area (Å²) in [5, 5.41) is 9.64. The topological polar surface area (TPSA) is 29.5 Å². The molecule has 16 heavy (non-hydrogen) atoms. The minimum absolute atomic E-state index is 0.00574. The van der Waals surface area contributed by atoms with E-state index in [1.165, 1.54) is 0 Å². The van der Waals surface area contributed by atoms with Crippen LogP contribution in [-0.2, 0) is 4.74 Å². The molecular weight excluding hydrogens is 291 g/mol. The van der Waals surface area contributed by atoms with Gasteiger partial charge in [0.1, 0.15) is 0 Å². The summed E-state index contributed by atoms with van der Waals surface area (Å²) in [5.74, 6) is 0. The van der Waals surface area contributed by atoms with Gasteiger partial charge in [0, 0.05) is 9.86 Å². The van der Waals surface area contributed by atoms with E-state index in [0.29, 0.717) is 0 Å². The molecule has 0 radical (unpaired) electrons. The van der Waals surface area contributed by atoms with Crippen molar-refractivity contribution in [3.05, 3.63) is 23.3 Å². The quantitative estimate of drug-likeness (QED) is 0.640. The van der Waals surface area contributed by atoms with E-state index in [1.807, 2.05) is 12.2 Å². The van der Waals surface area contributed by atoms with Crippen LogP contribution in [0.4, 0.5) is 0 Å². The fourth-order valence-electron chi connectivity index (χ4n) is 1.70. The SMILES string of the molecule is CC[C@H]1O[C@@H](/C=C\CO)C/C=C(/Cl)C[C@@H]1Br. The molecule has 0 aliphatic carbocycles. The number of allylic oxidation sites excluding steroid dienone is 1. The molecule has 0 amide bonds. The first kappa shape index (κ1) is 14.2. The van der Waals surface area contributed by atoms with E-state index in [9.17, 15) is 0 Å². The van der Waals surface area contributed by atoms with E-state index in [1.54, 1.807) is 6.08 Å². The van der Waals surface area contributed by atoms with E-state index in [4.69, 9.17) is 21.4 Å². The third kappa shape index (κ3) is 4.58. The summed E-state index contributed by atoms with van der Waals surface area (Å²) in [7, 11) is 0. The lowest BCUT2D eigenvalue weighted by molar-refractivity contribution is 0.0109. The second-order valence-corrected chi connectivity index (χ2v) is 5.50. The van der Waals surface area contributed by atoms with Crippen molar-refractivity contribution in [2.45, 2.75) is 43.2 Å². The maximum absolute atomic E-state index is 8.76. The van der Waals surface area contributed by atoms with Crippen LogP contribution in [-0.4, -0.2) is 28.7 Å². The van der Waals surface area contributed by atoms with E-state index in [2.05, 4.69) is 22.9 Å². The average Bonchev–Trinajstić information content (AvgIpc) is 2.26. The van der Waals surface area contributed by atoms with Crippen molar-refractivity contribution in [2.24, 2.45) is 0 Å². The Bertz CT molecular complexity index is 266. The molecule has 92 valence electrons. The number of ether oxygens (including phenoxy) is 1. The van der Waals surface area contributed by atoms with Crippen LogP contribution < -0.4 is 0 Å². The number of alkyl halides is 1. The Morgan fingerprint density at radius 1 is 1.69 bits per heavy atom. The molecular formula is C12H18BrClO2. The van der Waals surface area contributed by atoms with Crippen LogP contribution in [0.1, 0.15) is 26.2 Å². The zero-order valence-corrected chi connectivity index (χ0v) is 11.7. The van der Waals surface area contributed by atoms with Gasteiger partial charge >= 0.3 is 0 Å². The Hall–Kier alpha value is 0.170. The molecule has 0 spiro atoms. The summed E-state index contributed by atoms with van der Waals surface area (Å²) in [6.07, 6.45) is 8.31. The largest absolute Gasteiger partial charge is 0.392 e. The van der Waals surface area contributed by atoms with Gasteiger partial charge in [0.25, 0.3) is 0 Å². The fourth-order valence-corrected chi connectivity index (χ4v) is 2.99. The van der Waals surface area contributed by atoms with Gasteiger partial charge in [-0.2, -0.15) is 0 Å². The molecule has 0 bridgehead atoms. The zero-order valence-electron chi connectivity index (χ0n) is 9.40. The van der Waals surface area contributed by atoms with E-state index < -0.39 is 0 Å². The molecule has 0 saturated carbocycles. The minimum Gasteiger partial charge on any atom is -0.392 e. The summed E-state index contributed by atoms with van der Waals surface area (Å²) in [6.45, 7) is 2.15. The van der Waals surface area contributed by atoms with E-state index >= 15 is 0 Å². The molecule has 0 aromatic rings. The Kier molecular flexibility index (Phi) is 6.66. The van der Waals surface area contributed by atoms with Crippen LogP contribution >= 0.6 is 27.5 Å². The van der Waals surface area contributed by atoms with Gasteiger partial charge in [-0.25, -0.2) is 0 Å². The number of aliphatic hydroxyl groups is 1. The number of aliphatic hydroxyl groups excluding tert-OH is 1. The van der Waals surface area contributed by atoms with Crippen LogP contribution in [0, 0.1) is 0 Å². The molecule has 1 aliphatic heterocycles. The predicted molar refractivity (Wildman–Crippen MR) is 71.1 cm³/mol. The molecule has 1 aliphatic rings. The molecule has 1 N–H and O–H groups in total. The van der Waals surface area contributed by atoms with Gasteiger partial charge in [-0.15, -0.1) is 0 Å². The second kappa shape index (κ2) is 7.49. The highest BCUT2D eigenvalue weighted by molar-refractivity contribution is 9.09. The normalized spacial score (nSPS) is 35.5. The van der Waals surface area contributed by atoms with Gasteiger partial charge in [-0.3, -0.25) is 0 Å². The van der Waals surface area contributed by atoms with Gasteiger partial charge in [0.2, 0.25) is 0 Å². The van der Waals surface area contributed by atoms with Gasteiger partial charge in [-0.1, -0.05) is 52.7 Å². The molecule has 0 fully saturated rings. The predicted octanol–water partition coefficient (Wildman–Crippen LogP) is 3.38. The van der Waals surface area contributed by atoms with Gasteiger partial charge in [-0.05, 0) is 19.3 Å². The molecule has 1 rings (SSSR count). The summed E-state index contributed by atoms with van der Waals surface area (Å²) < 4.78 is 5.96. The Morgan fingerprint density at radius 3 is 3.06 bits per heavy atom. The van der Waals surface area contributed by atoms with E-state index in [0.717, 1.165) is 24.3 Å². The zero-order chi connectivity index (χ0) is 12.0. The molecule has 0 unspecified atom stereocenters. The molecule has 0 saturated heterocycles. The van der Waals surface area contributed by atoms with Crippen LogP contribution in [0.25, 0.3) is 0 Å². The number of rotatable bonds is 3. The molecule has 0 aromatic heterocycles. The van der Waals surface area contributed by atoms with Crippen LogP contribution in [0.5, 0.6) is 0 Å². The van der Waals surface area contributed by atoms with Crippen molar-refractivity contribution >= 4 is 27.5 Å². The summed E-state index contributed by atoms with van der Waals surface area (Å²) in [6, 6.07) is 0. The first-order valence-corrected chi connectivity index (χ1v) is 6.88. The molecule has 3 atom stereocenters. The molecule has 0 aromatic carbocycles. The highest BCUT2D eigenvalue weighted by atomic mass is 79.9. The molecule has 1 heterocycles. The molecule has 2 nitrogen and oxygen atoms in total. The van der Waals surface area contributed by atoms with Crippen LogP contribution in [0.2, 0.25) is 0 Å². The molecule has 4 heteroatoms. The highest BCUT2D eigenvalue weighted by Crippen LogP contribution is 2.27. The van der Waals surface area contributed by atoms with Crippen molar-refractivity contribution in [1.29, 1.82) is 0 Å². The van der Waals surface area contributed by atoms with Crippen molar-refractivity contribution in [3.8, 4) is 0 Å². The highest BCUT2D eigenvalue weighted by Gasteiger charge is 2.23. The summed E-state index contributed by atoms with van der Waals surface area (Å²) in [4.78, 5) is 0.256. The Morgan fingerprint density at radius 2 is 2.44 bits per heavy atom. The third-order valence-corrected chi connectivity index (χ3v) is 3.80. The number of hydrogen-bond acceptors (Lipinski definition) is 2. The Balaban J connectivity index is 2.72. The van der Waals surface area contributed by atoms with Crippen LogP contribution in [0.15, 0.2) is 23.3 Å². The minimum atomic E-state index is 0.00574. The first-order chi connectivity index (χ1) is 7.67. The smallest absolute Gasteiger partial charge is 0.0795 e. The lowest BCUT2D eigenvalue weighted by Crippen LogP contribution is -2.29. The number of hydrogen-bond donors (Lipinski definition) is 1.